The predicted octanol–water partition coefficient (Wildman–Crippen LogP) is 3.34. The van der Waals surface area contributed by atoms with Gasteiger partial charge in [0.1, 0.15) is 0 Å². The minimum Gasteiger partial charge on any atom is -0.308 e. The van der Waals surface area contributed by atoms with E-state index >= 15 is 0 Å². The Kier molecular flexibility index (Phi) is 4.70. The fourth-order valence-corrected chi connectivity index (χ4v) is 4.34. The van der Waals surface area contributed by atoms with Crippen LogP contribution in [0.15, 0.2) is 53.9 Å². The molecule has 3 aromatic rings. The second kappa shape index (κ2) is 7.15. The van der Waals surface area contributed by atoms with Gasteiger partial charge in [-0.05, 0) is 44.0 Å². The zero-order valence-corrected chi connectivity index (χ0v) is 16.3. The molecule has 1 aliphatic heterocycles. The first kappa shape index (κ1) is 17.7. The topological polar surface area (TPSA) is 63.9 Å². The van der Waals surface area contributed by atoms with E-state index in [2.05, 4.69) is 28.2 Å². The van der Waals surface area contributed by atoms with Crippen LogP contribution in [0.1, 0.15) is 19.4 Å². The number of nitrogens with zero attached hydrogens (tertiary/aromatic N) is 5. The lowest BCUT2D eigenvalue weighted by Gasteiger charge is -2.25. The van der Waals surface area contributed by atoms with Crippen molar-refractivity contribution >= 4 is 23.4 Å². The SMILES string of the molecule is C[C@@H]1Cc2ccccc2N1C(=O)[C@@H](C)Sc1nnc(-c2ccncc2)n1C. The van der Waals surface area contributed by atoms with E-state index in [0.29, 0.717) is 0 Å². The maximum atomic E-state index is 13.2. The van der Waals surface area contributed by atoms with Crippen LogP contribution < -0.4 is 4.90 Å². The smallest absolute Gasteiger partial charge is 0.240 e. The van der Waals surface area contributed by atoms with Gasteiger partial charge in [0.2, 0.25) is 5.91 Å². The number of pyridine rings is 1. The van der Waals surface area contributed by atoms with Crippen molar-refractivity contribution in [1.29, 1.82) is 0 Å². The summed E-state index contributed by atoms with van der Waals surface area (Å²) >= 11 is 1.44. The molecule has 0 fully saturated rings. The fraction of sp³-hybridized carbons (Fsp3) is 0.300. The molecule has 6 nitrogen and oxygen atoms in total. The number of anilines is 1. The van der Waals surface area contributed by atoms with Crippen LogP contribution in [0.25, 0.3) is 11.4 Å². The molecule has 1 aliphatic rings. The number of thioether (sulfide) groups is 1. The third kappa shape index (κ3) is 3.23. The normalized spacial score (nSPS) is 17.0. The highest BCUT2D eigenvalue weighted by Gasteiger charge is 2.34. The van der Waals surface area contributed by atoms with Gasteiger partial charge in [-0.1, -0.05) is 30.0 Å². The second-order valence-corrected chi connectivity index (χ2v) is 8.06. The third-order valence-electron chi connectivity index (χ3n) is 4.85. The van der Waals surface area contributed by atoms with E-state index < -0.39 is 0 Å². The maximum absolute atomic E-state index is 13.2. The molecule has 1 amide bonds. The summed E-state index contributed by atoms with van der Waals surface area (Å²) in [6.45, 7) is 4.03. The Bertz CT molecular complexity index is 972. The zero-order chi connectivity index (χ0) is 19.0. The molecule has 0 radical (unpaired) electrons. The number of benzene rings is 1. The van der Waals surface area contributed by atoms with Crippen LogP contribution in [-0.2, 0) is 18.3 Å². The van der Waals surface area contributed by atoms with E-state index in [-0.39, 0.29) is 17.2 Å². The minimum atomic E-state index is -0.258. The van der Waals surface area contributed by atoms with E-state index in [1.807, 2.05) is 53.8 Å². The lowest BCUT2D eigenvalue weighted by molar-refractivity contribution is -0.118. The Balaban J connectivity index is 1.54. The second-order valence-electron chi connectivity index (χ2n) is 6.75. The number of amides is 1. The van der Waals surface area contributed by atoms with Gasteiger partial charge in [0.15, 0.2) is 11.0 Å². The molecule has 2 atom stereocenters. The van der Waals surface area contributed by atoms with Crippen molar-refractivity contribution in [1.82, 2.24) is 19.7 Å². The summed E-state index contributed by atoms with van der Waals surface area (Å²) in [6.07, 6.45) is 4.36. The van der Waals surface area contributed by atoms with Crippen molar-refractivity contribution in [2.45, 2.75) is 36.7 Å². The summed E-state index contributed by atoms with van der Waals surface area (Å²) < 4.78 is 1.92. The molecule has 0 spiro atoms. The molecule has 138 valence electrons. The lowest BCUT2D eigenvalue weighted by atomic mass is 10.1. The quantitative estimate of drug-likeness (QED) is 0.651. The number of para-hydroxylation sites is 1. The van der Waals surface area contributed by atoms with E-state index in [9.17, 15) is 4.79 Å². The van der Waals surface area contributed by atoms with E-state index in [4.69, 9.17) is 0 Å². The Hall–Kier alpha value is -2.67. The van der Waals surface area contributed by atoms with Crippen LogP contribution in [0.4, 0.5) is 5.69 Å². The van der Waals surface area contributed by atoms with Crippen LogP contribution >= 0.6 is 11.8 Å². The monoisotopic (exact) mass is 379 g/mol. The van der Waals surface area contributed by atoms with Crippen LogP contribution in [0.2, 0.25) is 0 Å². The molecule has 2 aromatic heterocycles. The first-order valence-electron chi connectivity index (χ1n) is 8.93. The predicted molar refractivity (Wildman–Crippen MR) is 107 cm³/mol. The molecule has 4 rings (SSSR count). The molecule has 0 unspecified atom stereocenters. The number of carbonyl (C=O) groups is 1. The number of rotatable bonds is 4. The molecular weight excluding hydrogens is 358 g/mol. The molecule has 7 heteroatoms. The van der Waals surface area contributed by atoms with Gasteiger partial charge >= 0.3 is 0 Å². The molecule has 27 heavy (non-hydrogen) atoms. The number of hydrogen-bond acceptors (Lipinski definition) is 5. The summed E-state index contributed by atoms with van der Waals surface area (Å²) in [7, 11) is 1.92. The molecule has 3 heterocycles. The molecule has 1 aromatic carbocycles. The Morgan fingerprint density at radius 2 is 1.93 bits per heavy atom. The lowest BCUT2D eigenvalue weighted by Crippen LogP contribution is -2.40. The van der Waals surface area contributed by atoms with Gasteiger partial charge < -0.3 is 9.47 Å². The summed E-state index contributed by atoms with van der Waals surface area (Å²) in [4.78, 5) is 19.1. The van der Waals surface area contributed by atoms with Crippen LogP contribution in [-0.4, -0.2) is 36.9 Å². The van der Waals surface area contributed by atoms with Crippen LogP contribution in [0.5, 0.6) is 0 Å². The molecule has 0 aliphatic carbocycles. The first-order valence-corrected chi connectivity index (χ1v) is 9.81. The fourth-order valence-electron chi connectivity index (χ4n) is 3.48. The molecule has 0 saturated carbocycles. The largest absolute Gasteiger partial charge is 0.308 e. The molecule has 0 N–H and O–H groups in total. The van der Waals surface area contributed by atoms with Crippen LogP contribution in [0.3, 0.4) is 0 Å². The molecule has 0 saturated heterocycles. The Morgan fingerprint density at radius 3 is 2.70 bits per heavy atom. The van der Waals surface area contributed by atoms with E-state index in [0.717, 1.165) is 28.7 Å². The van der Waals surface area contributed by atoms with Gasteiger partial charge in [-0.2, -0.15) is 0 Å². The van der Waals surface area contributed by atoms with Gasteiger partial charge in [0, 0.05) is 36.7 Å². The highest BCUT2D eigenvalue weighted by Crippen LogP contribution is 2.34. The van der Waals surface area contributed by atoms with Crippen molar-refractivity contribution in [2.24, 2.45) is 7.05 Å². The molecule has 0 bridgehead atoms. The first-order chi connectivity index (χ1) is 13.1. The highest BCUT2D eigenvalue weighted by atomic mass is 32.2. The van der Waals surface area contributed by atoms with Gasteiger partial charge in [-0.15, -0.1) is 10.2 Å². The van der Waals surface area contributed by atoms with Crippen molar-refractivity contribution in [3.8, 4) is 11.4 Å². The van der Waals surface area contributed by atoms with Crippen molar-refractivity contribution in [2.75, 3.05) is 4.90 Å². The summed E-state index contributed by atoms with van der Waals surface area (Å²) in [6, 6.07) is 12.1. The Labute approximate surface area is 162 Å². The van der Waals surface area contributed by atoms with Crippen molar-refractivity contribution in [3.05, 3.63) is 54.4 Å². The summed E-state index contributed by atoms with van der Waals surface area (Å²) in [5, 5.41) is 9.04. The minimum absolute atomic E-state index is 0.103. The third-order valence-corrected chi connectivity index (χ3v) is 5.97. The van der Waals surface area contributed by atoms with Gasteiger partial charge in [-0.25, -0.2) is 0 Å². The van der Waals surface area contributed by atoms with Crippen molar-refractivity contribution in [3.63, 3.8) is 0 Å². The van der Waals surface area contributed by atoms with E-state index in [1.54, 1.807) is 12.4 Å². The average Bonchev–Trinajstić information content (AvgIpc) is 3.21. The van der Waals surface area contributed by atoms with Gasteiger partial charge in [0.25, 0.3) is 0 Å². The molecular formula is C20H21N5OS. The number of hydrogen-bond donors (Lipinski definition) is 0. The standard InChI is InChI=1S/C20H21N5OS/c1-13-12-16-6-4-5-7-17(16)25(13)19(26)14(2)27-20-23-22-18(24(20)3)15-8-10-21-11-9-15/h4-11,13-14H,12H2,1-3H3/t13-,14-/m1/s1. The number of fused-ring (bicyclic) bond motifs is 1. The number of aromatic nitrogens is 4. The van der Waals surface area contributed by atoms with Crippen LogP contribution in [0, 0.1) is 0 Å². The zero-order valence-electron chi connectivity index (χ0n) is 15.5. The van der Waals surface area contributed by atoms with Gasteiger partial charge in [-0.3, -0.25) is 9.78 Å². The maximum Gasteiger partial charge on any atom is 0.240 e. The highest BCUT2D eigenvalue weighted by molar-refractivity contribution is 8.00. The van der Waals surface area contributed by atoms with Gasteiger partial charge in [0.05, 0.1) is 5.25 Å². The number of carbonyl (C=O) groups excluding carboxylic acids is 1. The average molecular weight is 379 g/mol. The summed E-state index contributed by atoms with van der Waals surface area (Å²) in [5.41, 5.74) is 3.21. The summed E-state index contributed by atoms with van der Waals surface area (Å²) in [5.74, 6) is 0.866. The van der Waals surface area contributed by atoms with E-state index in [1.165, 1.54) is 17.3 Å². The Morgan fingerprint density at radius 1 is 1.19 bits per heavy atom. The van der Waals surface area contributed by atoms with Crippen molar-refractivity contribution < 1.29 is 4.79 Å².